The summed E-state index contributed by atoms with van der Waals surface area (Å²) in [5.74, 6) is 2.34. The first kappa shape index (κ1) is 29.2. The van der Waals surface area contributed by atoms with Gasteiger partial charge in [-0.2, -0.15) is 0 Å². The zero-order chi connectivity index (χ0) is 27.5. The fraction of sp³-hybridized carbons (Fsp3) is 0.514. The van der Waals surface area contributed by atoms with Crippen LogP contribution in [0.5, 0.6) is 0 Å². The lowest BCUT2D eigenvalue weighted by atomic mass is 9.38. The minimum absolute atomic E-state index is 0.0525. The monoisotopic (exact) mass is 496 g/mol. The van der Waals surface area contributed by atoms with E-state index in [9.17, 15) is 0 Å². The molecule has 0 heterocycles. The summed E-state index contributed by atoms with van der Waals surface area (Å²) in [7, 11) is 0. The summed E-state index contributed by atoms with van der Waals surface area (Å²) < 4.78 is 0. The number of rotatable bonds is 10. The Morgan fingerprint density at radius 2 is 1.41 bits per heavy atom. The maximum atomic E-state index is 4.92. The van der Waals surface area contributed by atoms with Gasteiger partial charge in [0.15, 0.2) is 0 Å². The normalized spacial score (nSPS) is 27.6. The Morgan fingerprint density at radius 3 is 1.95 bits per heavy atom. The van der Waals surface area contributed by atoms with Gasteiger partial charge in [-0.05, 0) is 107 Å². The molecule has 0 spiro atoms. The van der Waals surface area contributed by atoms with Crippen LogP contribution in [0, 0.1) is 34.5 Å². The quantitative estimate of drug-likeness (QED) is 0.282. The van der Waals surface area contributed by atoms with Crippen molar-refractivity contribution in [1.29, 1.82) is 0 Å². The molecule has 2 aliphatic carbocycles. The lowest BCUT2D eigenvalue weighted by molar-refractivity contribution is -0.0482. The predicted octanol–water partition coefficient (Wildman–Crippen LogP) is 11.2. The molecule has 0 aromatic heterocycles. The Hall–Kier alpha value is -2.34. The minimum Gasteiger partial charge on any atom is -0.0986 e. The summed E-state index contributed by atoms with van der Waals surface area (Å²) in [5.41, 5.74) is 9.77. The van der Waals surface area contributed by atoms with Crippen molar-refractivity contribution >= 4 is 5.57 Å². The molecular weight excluding hydrogens is 444 g/mol. The third-order valence-corrected chi connectivity index (χ3v) is 9.38. The van der Waals surface area contributed by atoms with Gasteiger partial charge in [-0.15, -0.1) is 0 Å². The first-order valence-electron chi connectivity index (χ1n) is 14.4. The smallest absolute Gasteiger partial charge is 0.0195 e. The van der Waals surface area contributed by atoms with Crippen LogP contribution in [0.2, 0.25) is 0 Å². The lowest BCUT2D eigenvalue weighted by Crippen LogP contribution is -2.58. The highest BCUT2D eigenvalue weighted by atomic mass is 14.7. The number of hydrogen-bond donors (Lipinski definition) is 0. The molecule has 2 aliphatic rings. The zero-order valence-electron chi connectivity index (χ0n) is 25.2. The molecule has 0 N–H and O–H groups in total. The molecule has 1 fully saturated rings. The van der Waals surface area contributed by atoms with Gasteiger partial charge in [-0.3, -0.25) is 0 Å². The third-order valence-electron chi connectivity index (χ3n) is 9.38. The highest BCUT2D eigenvalue weighted by molar-refractivity contribution is 5.66. The molecule has 37 heavy (non-hydrogen) atoms. The molecule has 3 rings (SSSR count). The van der Waals surface area contributed by atoms with Crippen molar-refractivity contribution in [3.05, 3.63) is 101 Å². The standard InChI is InChI=1S/C37H52/c1-25(2)17-19-32-35-29(8)24-33(35)37(22-21-27(5)6,34(36(32,10)11)20-18-26(3)4)30(9)23-28(7)31-15-13-12-14-16-31/h12-18,21,24,29,32,34-35H,7,9,19-20,22-23H2,1-6,8,10-11H3. The van der Waals surface area contributed by atoms with Gasteiger partial charge >= 0.3 is 0 Å². The average Bonchev–Trinajstić information content (AvgIpc) is 2.81. The fourth-order valence-corrected chi connectivity index (χ4v) is 7.33. The Morgan fingerprint density at radius 1 is 0.838 bits per heavy atom. The van der Waals surface area contributed by atoms with Crippen molar-refractivity contribution in [2.45, 2.75) is 88.0 Å². The van der Waals surface area contributed by atoms with E-state index in [4.69, 9.17) is 6.58 Å². The number of benzene rings is 1. The second-order valence-corrected chi connectivity index (χ2v) is 13.2. The molecular formula is C37H52. The molecule has 200 valence electrons. The molecule has 1 saturated carbocycles. The first-order valence-corrected chi connectivity index (χ1v) is 14.4. The van der Waals surface area contributed by atoms with Gasteiger partial charge in [0.2, 0.25) is 0 Å². The van der Waals surface area contributed by atoms with Gasteiger partial charge in [0, 0.05) is 5.41 Å². The van der Waals surface area contributed by atoms with E-state index in [0.717, 1.165) is 25.7 Å². The van der Waals surface area contributed by atoms with Crippen LogP contribution in [-0.4, -0.2) is 0 Å². The van der Waals surface area contributed by atoms with Crippen LogP contribution in [-0.2, 0) is 0 Å². The van der Waals surface area contributed by atoms with Crippen LogP contribution in [0.4, 0.5) is 0 Å². The second kappa shape index (κ2) is 11.6. The lowest BCUT2D eigenvalue weighted by Gasteiger charge is -2.65. The topological polar surface area (TPSA) is 0 Å². The van der Waals surface area contributed by atoms with Gasteiger partial charge in [-0.25, -0.2) is 0 Å². The van der Waals surface area contributed by atoms with Crippen LogP contribution < -0.4 is 0 Å². The molecule has 0 heteroatoms. The second-order valence-electron chi connectivity index (χ2n) is 13.2. The van der Waals surface area contributed by atoms with E-state index in [1.54, 1.807) is 5.57 Å². The van der Waals surface area contributed by atoms with E-state index in [0.29, 0.717) is 23.7 Å². The summed E-state index contributed by atoms with van der Waals surface area (Å²) in [4.78, 5) is 0. The Kier molecular flexibility index (Phi) is 9.15. The van der Waals surface area contributed by atoms with E-state index in [1.807, 2.05) is 0 Å². The molecule has 0 aliphatic heterocycles. The molecule has 0 saturated heterocycles. The van der Waals surface area contributed by atoms with Crippen molar-refractivity contribution < 1.29 is 0 Å². The van der Waals surface area contributed by atoms with E-state index in [2.05, 4.69) is 124 Å². The first-order chi connectivity index (χ1) is 17.3. The minimum atomic E-state index is -0.0525. The highest BCUT2D eigenvalue weighted by Gasteiger charge is 2.62. The molecule has 0 bridgehead atoms. The summed E-state index contributed by atoms with van der Waals surface area (Å²) in [6.45, 7) is 30.5. The zero-order valence-corrected chi connectivity index (χ0v) is 25.2. The van der Waals surface area contributed by atoms with Crippen LogP contribution in [0.15, 0.2) is 95.7 Å². The van der Waals surface area contributed by atoms with Gasteiger partial charge in [-0.1, -0.05) is 116 Å². The van der Waals surface area contributed by atoms with Crippen molar-refractivity contribution in [2.24, 2.45) is 34.5 Å². The Balaban J connectivity index is 2.19. The van der Waals surface area contributed by atoms with E-state index < -0.39 is 0 Å². The molecule has 5 atom stereocenters. The molecule has 1 aromatic rings. The van der Waals surface area contributed by atoms with Gasteiger partial charge in [0.1, 0.15) is 0 Å². The van der Waals surface area contributed by atoms with Crippen molar-refractivity contribution in [3.63, 3.8) is 0 Å². The number of allylic oxidation sites excluding steroid dienone is 10. The molecule has 0 nitrogen and oxygen atoms in total. The summed E-state index contributed by atoms with van der Waals surface area (Å²) >= 11 is 0. The third kappa shape index (κ3) is 5.89. The van der Waals surface area contributed by atoms with Crippen LogP contribution in [0.3, 0.4) is 0 Å². The Bertz CT molecular complexity index is 1100. The Labute approximate surface area is 229 Å². The summed E-state index contributed by atoms with van der Waals surface area (Å²) in [5, 5.41) is 0. The van der Waals surface area contributed by atoms with Crippen molar-refractivity contribution in [3.8, 4) is 0 Å². The maximum Gasteiger partial charge on any atom is 0.0195 e. The fourth-order valence-electron chi connectivity index (χ4n) is 7.33. The maximum absolute atomic E-state index is 4.92. The van der Waals surface area contributed by atoms with E-state index >= 15 is 0 Å². The SMILES string of the molecule is C=C(CC(=C)C1(CC=C(C)C)C2=CC(C)C2C(CC=C(C)C)C(C)(C)C1CC=C(C)C)c1ccccc1. The van der Waals surface area contributed by atoms with Crippen molar-refractivity contribution in [1.82, 2.24) is 0 Å². The van der Waals surface area contributed by atoms with Gasteiger partial charge in [0.05, 0.1) is 0 Å². The predicted molar refractivity (Wildman–Crippen MR) is 165 cm³/mol. The number of fused-ring (bicyclic) bond motifs is 1. The summed E-state index contributed by atoms with van der Waals surface area (Å²) in [6, 6.07) is 10.7. The van der Waals surface area contributed by atoms with Gasteiger partial charge < -0.3 is 0 Å². The highest BCUT2D eigenvalue weighted by Crippen LogP contribution is 2.70. The van der Waals surface area contributed by atoms with E-state index in [-0.39, 0.29) is 10.8 Å². The molecule has 5 unspecified atom stereocenters. The molecule has 1 aromatic carbocycles. The molecule has 0 radical (unpaired) electrons. The summed E-state index contributed by atoms with van der Waals surface area (Å²) in [6.07, 6.45) is 14.2. The average molecular weight is 497 g/mol. The van der Waals surface area contributed by atoms with Crippen LogP contribution in [0.1, 0.15) is 93.6 Å². The van der Waals surface area contributed by atoms with Gasteiger partial charge in [0.25, 0.3) is 0 Å². The van der Waals surface area contributed by atoms with Crippen LogP contribution >= 0.6 is 0 Å². The number of hydrogen-bond acceptors (Lipinski definition) is 0. The molecule has 0 amide bonds. The van der Waals surface area contributed by atoms with Crippen LogP contribution in [0.25, 0.3) is 5.57 Å². The largest absolute Gasteiger partial charge is 0.0986 e. The van der Waals surface area contributed by atoms with E-state index in [1.165, 1.54) is 33.4 Å². The van der Waals surface area contributed by atoms with Crippen molar-refractivity contribution in [2.75, 3.05) is 0 Å².